The Balaban J connectivity index is 2.98. The minimum absolute atomic E-state index is 0.00352. The number of nitrogens with zero attached hydrogens (tertiary/aromatic N) is 3. The van der Waals surface area contributed by atoms with Gasteiger partial charge in [-0.15, -0.1) is 0 Å². The van der Waals surface area contributed by atoms with Crippen LogP contribution in [0.1, 0.15) is 6.92 Å². The number of rotatable bonds is 1. The minimum Gasteiger partial charge on any atom is -0.293 e. The Morgan fingerprint density at radius 3 is 3.00 bits per heavy atom. The normalized spacial score (nSPS) is 10.9. The van der Waals surface area contributed by atoms with E-state index < -0.39 is 0 Å². The highest BCUT2D eigenvalue weighted by molar-refractivity contribution is 5.70. The summed E-state index contributed by atoms with van der Waals surface area (Å²) >= 11 is 0. The van der Waals surface area contributed by atoms with Crippen molar-refractivity contribution in [3.05, 3.63) is 28.8 Å². The van der Waals surface area contributed by atoms with E-state index in [1.54, 1.807) is 22.4 Å². The van der Waals surface area contributed by atoms with Gasteiger partial charge in [-0.25, -0.2) is 9.78 Å². The van der Waals surface area contributed by atoms with Crippen LogP contribution < -0.4 is 5.69 Å². The smallest absolute Gasteiger partial charge is 0.293 e. The summed E-state index contributed by atoms with van der Waals surface area (Å²) in [7, 11) is 1.76. The van der Waals surface area contributed by atoms with Gasteiger partial charge in [0.15, 0.2) is 5.65 Å². The topological polar surface area (TPSA) is 39.8 Å². The molecule has 0 radical (unpaired) electrons. The molecule has 2 heterocycles. The van der Waals surface area contributed by atoms with E-state index in [9.17, 15) is 4.79 Å². The third-order valence-electron chi connectivity index (χ3n) is 2.22. The van der Waals surface area contributed by atoms with Gasteiger partial charge in [-0.3, -0.25) is 9.13 Å². The van der Waals surface area contributed by atoms with E-state index in [4.69, 9.17) is 0 Å². The fourth-order valence-corrected chi connectivity index (χ4v) is 1.52. The highest BCUT2D eigenvalue weighted by Crippen LogP contribution is 2.07. The van der Waals surface area contributed by atoms with Crippen LogP contribution in [0.4, 0.5) is 0 Å². The molecule has 13 heavy (non-hydrogen) atoms. The van der Waals surface area contributed by atoms with E-state index in [2.05, 4.69) is 4.98 Å². The van der Waals surface area contributed by atoms with E-state index in [1.165, 1.54) is 0 Å². The molecule has 0 saturated heterocycles. The summed E-state index contributed by atoms with van der Waals surface area (Å²) in [6, 6.07) is 3.73. The lowest BCUT2D eigenvalue weighted by Crippen LogP contribution is -2.21. The molecule has 0 fully saturated rings. The van der Waals surface area contributed by atoms with E-state index >= 15 is 0 Å². The number of pyridine rings is 1. The maximum absolute atomic E-state index is 11.6. The van der Waals surface area contributed by atoms with Crippen molar-refractivity contribution in [2.24, 2.45) is 7.05 Å². The highest BCUT2D eigenvalue weighted by Gasteiger charge is 2.08. The van der Waals surface area contributed by atoms with Crippen molar-refractivity contribution in [3.8, 4) is 0 Å². The quantitative estimate of drug-likeness (QED) is 0.645. The average Bonchev–Trinajstić information content (AvgIpc) is 2.41. The maximum atomic E-state index is 11.6. The summed E-state index contributed by atoms with van der Waals surface area (Å²) in [6.45, 7) is 2.60. The zero-order chi connectivity index (χ0) is 9.42. The third-order valence-corrected chi connectivity index (χ3v) is 2.22. The molecule has 0 aromatic carbocycles. The van der Waals surface area contributed by atoms with Gasteiger partial charge in [0.25, 0.3) is 0 Å². The number of aryl methyl sites for hydroxylation is 2. The van der Waals surface area contributed by atoms with Crippen molar-refractivity contribution in [1.82, 2.24) is 14.1 Å². The Morgan fingerprint density at radius 1 is 1.54 bits per heavy atom. The number of aromatic nitrogens is 3. The molecule has 0 spiro atoms. The first-order valence-corrected chi connectivity index (χ1v) is 4.26. The maximum Gasteiger partial charge on any atom is 0.330 e. The lowest BCUT2D eigenvalue weighted by Gasteiger charge is -1.93. The molecule has 0 amide bonds. The fourth-order valence-electron chi connectivity index (χ4n) is 1.52. The van der Waals surface area contributed by atoms with Crippen LogP contribution in [0.3, 0.4) is 0 Å². The molecule has 0 unspecified atom stereocenters. The van der Waals surface area contributed by atoms with Crippen LogP contribution in [0, 0.1) is 0 Å². The second-order valence-corrected chi connectivity index (χ2v) is 2.93. The molecule has 2 aromatic rings. The van der Waals surface area contributed by atoms with Crippen LogP contribution in [-0.4, -0.2) is 14.1 Å². The van der Waals surface area contributed by atoms with E-state index in [0.29, 0.717) is 6.54 Å². The molecule has 0 saturated carbocycles. The molecule has 0 N–H and O–H groups in total. The zero-order valence-corrected chi connectivity index (χ0v) is 7.69. The second kappa shape index (κ2) is 2.73. The monoisotopic (exact) mass is 177 g/mol. The van der Waals surface area contributed by atoms with Crippen molar-refractivity contribution in [3.63, 3.8) is 0 Å². The lowest BCUT2D eigenvalue weighted by molar-refractivity contribution is 0.707. The first-order valence-electron chi connectivity index (χ1n) is 4.26. The molecular weight excluding hydrogens is 166 g/mol. The van der Waals surface area contributed by atoms with Crippen molar-refractivity contribution in [2.45, 2.75) is 13.5 Å². The van der Waals surface area contributed by atoms with Crippen molar-refractivity contribution >= 4 is 11.2 Å². The van der Waals surface area contributed by atoms with E-state index in [-0.39, 0.29) is 5.69 Å². The summed E-state index contributed by atoms with van der Waals surface area (Å²) in [5.41, 5.74) is 1.64. The summed E-state index contributed by atoms with van der Waals surface area (Å²) in [5, 5.41) is 0. The first-order chi connectivity index (χ1) is 6.25. The van der Waals surface area contributed by atoms with E-state index in [1.807, 2.05) is 19.1 Å². The number of hydrogen-bond donors (Lipinski definition) is 0. The molecule has 68 valence electrons. The van der Waals surface area contributed by atoms with Gasteiger partial charge in [-0.1, -0.05) is 0 Å². The number of imidazole rings is 1. The van der Waals surface area contributed by atoms with Crippen molar-refractivity contribution in [2.75, 3.05) is 0 Å². The predicted octanol–water partition coefficient (Wildman–Crippen LogP) is 0.755. The molecule has 0 aliphatic rings. The molecule has 4 heteroatoms. The Labute approximate surface area is 75.4 Å². The van der Waals surface area contributed by atoms with E-state index in [0.717, 1.165) is 11.2 Å². The second-order valence-electron chi connectivity index (χ2n) is 2.93. The van der Waals surface area contributed by atoms with Gasteiger partial charge in [0.1, 0.15) is 0 Å². The van der Waals surface area contributed by atoms with Crippen LogP contribution in [-0.2, 0) is 13.6 Å². The van der Waals surface area contributed by atoms with Gasteiger partial charge in [0.05, 0.1) is 5.52 Å². The highest BCUT2D eigenvalue weighted by atomic mass is 16.1. The molecule has 4 nitrogen and oxygen atoms in total. The Hall–Kier alpha value is -1.58. The molecule has 2 aromatic heterocycles. The summed E-state index contributed by atoms with van der Waals surface area (Å²) in [5.74, 6) is 0. The average molecular weight is 177 g/mol. The van der Waals surface area contributed by atoms with Gasteiger partial charge < -0.3 is 0 Å². The van der Waals surface area contributed by atoms with Gasteiger partial charge >= 0.3 is 5.69 Å². The van der Waals surface area contributed by atoms with Crippen molar-refractivity contribution in [1.29, 1.82) is 0 Å². The summed E-state index contributed by atoms with van der Waals surface area (Å²) in [4.78, 5) is 15.8. The molecule has 0 aliphatic carbocycles. The molecular formula is C9H11N3O. The Bertz CT molecular complexity index is 495. The predicted molar refractivity (Wildman–Crippen MR) is 50.6 cm³/mol. The third kappa shape index (κ3) is 0.983. The summed E-state index contributed by atoms with van der Waals surface area (Å²) in [6.07, 6.45) is 1.70. The SMILES string of the molecule is CCn1c(=O)n(C)c2cccnc21. The van der Waals surface area contributed by atoms with Crippen LogP contribution in [0.25, 0.3) is 11.2 Å². The molecule has 2 rings (SSSR count). The van der Waals surface area contributed by atoms with Crippen LogP contribution in [0.5, 0.6) is 0 Å². The number of hydrogen-bond acceptors (Lipinski definition) is 2. The van der Waals surface area contributed by atoms with Crippen LogP contribution in [0.15, 0.2) is 23.1 Å². The first kappa shape index (κ1) is 8.04. The molecule has 0 aliphatic heterocycles. The summed E-state index contributed by atoms with van der Waals surface area (Å²) < 4.78 is 3.28. The molecule has 0 bridgehead atoms. The van der Waals surface area contributed by atoms with Gasteiger partial charge in [-0.2, -0.15) is 0 Å². The van der Waals surface area contributed by atoms with Gasteiger partial charge in [0, 0.05) is 19.8 Å². The van der Waals surface area contributed by atoms with Gasteiger partial charge in [0.2, 0.25) is 0 Å². The lowest BCUT2D eigenvalue weighted by atomic mass is 10.4. The number of fused-ring (bicyclic) bond motifs is 1. The fraction of sp³-hybridized carbons (Fsp3) is 0.333. The minimum atomic E-state index is -0.00352. The zero-order valence-electron chi connectivity index (χ0n) is 7.69. The van der Waals surface area contributed by atoms with Crippen LogP contribution >= 0.6 is 0 Å². The Kier molecular flexibility index (Phi) is 1.69. The Morgan fingerprint density at radius 2 is 2.31 bits per heavy atom. The van der Waals surface area contributed by atoms with Gasteiger partial charge in [-0.05, 0) is 19.1 Å². The standard InChI is InChI=1S/C9H11N3O/c1-3-12-8-7(5-4-6-10-8)11(2)9(12)13/h4-6H,3H2,1-2H3. The largest absolute Gasteiger partial charge is 0.330 e. The van der Waals surface area contributed by atoms with Crippen molar-refractivity contribution < 1.29 is 0 Å². The van der Waals surface area contributed by atoms with Crippen LogP contribution in [0.2, 0.25) is 0 Å². The molecule has 0 atom stereocenters.